The number of hydrogen-bond donors (Lipinski definition) is 1. The first-order chi connectivity index (χ1) is 7.79. The largest absolute Gasteiger partial charge is 0.392 e. The van der Waals surface area contributed by atoms with E-state index in [0.717, 1.165) is 16.7 Å². The van der Waals surface area contributed by atoms with Gasteiger partial charge in [0.1, 0.15) is 4.34 Å². The molecule has 16 heavy (non-hydrogen) atoms. The maximum absolute atomic E-state index is 8.99. The van der Waals surface area contributed by atoms with Crippen LogP contribution in [-0.2, 0) is 6.61 Å². The van der Waals surface area contributed by atoms with Crippen LogP contribution in [0.4, 0.5) is 0 Å². The molecule has 0 saturated heterocycles. The van der Waals surface area contributed by atoms with Gasteiger partial charge in [0.15, 0.2) is 0 Å². The molecule has 0 amide bonds. The molecule has 2 rings (SSSR count). The summed E-state index contributed by atoms with van der Waals surface area (Å²) in [6.07, 6.45) is 0. The number of thiophene rings is 1. The molecular weight excluding hydrogens is 240 g/mol. The molecule has 1 aromatic carbocycles. The Hall–Kier alpha value is -1.27. The molecule has 3 heteroatoms. The fraction of sp³-hybridized carbons (Fsp3) is 0.0769. The van der Waals surface area contributed by atoms with Crippen LogP contribution < -0.4 is 0 Å². The molecule has 0 saturated carbocycles. The van der Waals surface area contributed by atoms with Crippen LogP contribution in [0.2, 0.25) is 4.34 Å². The van der Waals surface area contributed by atoms with Crippen LogP contribution in [0.5, 0.6) is 0 Å². The van der Waals surface area contributed by atoms with Crippen LogP contribution in [0.15, 0.2) is 35.7 Å². The molecule has 0 bridgehead atoms. The molecule has 1 nitrogen and oxygen atoms in total. The summed E-state index contributed by atoms with van der Waals surface area (Å²) < 4.78 is 0.714. The molecule has 0 radical (unpaired) electrons. The van der Waals surface area contributed by atoms with E-state index in [2.05, 4.69) is 11.8 Å². The van der Waals surface area contributed by atoms with Crippen molar-refractivity contribution < 1.29 is 5.11 Å². The van der Waals surface area contributed by atoms with E-state index >= 15 is 0 Å². The van der Waals surface area contributed by atoms with Crippen molar-refractivity contribution in [3.63, 3.8) is 0 Å². The zero-order chi connectivity index (χ0) is 11.4. The van der Waals surface area contributed by atoms with Gasteiger partial charge in [-0.15, -0.1) is 11.3 Å². The van der Waals surface area contributed by atoms with Gasteiger partial charge in [-0.05, 0) is 29.1 Å². The van der Waals surface area contributed by atoms with E-state index in [4.69, 9.17) is 16.7 Å². The number of rotatable bonds is 1. The van der Waals surface area contributed by atoms with Crippen molar-refractivity contribution in [1.29, 1.82) is 0 Å². The first kappa shape index (κ1) is 11.2. The molecule has 0 aliphatic rings. The zero-order valence-corrected chi connectivity index (χ0v) is 9.98. The Morgan fingerprint density at radius 2 is 2.12 bits per heavy atom. The summed E-state index contributed by atoms with van der Waals surface area (Å²) in [5.41, 5.74) is 2.60. The third-order valence-corrected chi connectivity index (χ3v) is 3.24. The summed E-state index contributed by atoms with van der Waals surface area (Å²) in [7, 11) is 0. The first-order valence-electron chi connectivity index (χ1n) is 4.74. The SMILES string of the molecule is OCc1cccc(C#Cc2ccsc2Cl)c1. The van der Waals surface area contributed by atoms with Gasteiger partial charge in [0.05, 0.1) is 12.2 Å². The third-order valence-electron chi connectivity index (χ3n) is 2.07. The van der Waals surface area contributed by atoms with Gasteiger partial charge in [0.2, 0.25) is 0 Å². The number of benzene rings is 1. The molecule has 0 aliphatic carbocycles. The van der Waals surface area contributed by atoms with Crippen LogP contribution in [0.1, 0.15) is 16.7 Å². The Kier molecular flexibility index (Phi) is 3.63. The fourth-order valence-electron chi connectivity index (χ4n) is 1.27. The standard InChI is InChI=1S/C13H9ClOS/c14-13-12(6-7-16-13)5-4-10-2-1-3-11(8-10)9-15/h1-3,6-8,15H,9H2. The predicted molar refractivity (Wildman–Crippen MR) is 67.7 cm³/mol. The predicted octanol–water partition coefficient (Wildman–Crippen LogP) is 3.29. The topological polar surface area (TPSA) is 20.2 Å². The average Bonchev–Trinajstić information content (AvgIpc) is 2.72. The van der Waals surface area contributed by atoms with E-state index in [-0.39, 0.29) is 6.61 Å². The van der Waals surface area contributed by atoms with Crippen molar-refractivity contribution in [3.8, 4) is 11.8 Å². The highest BCUT2D eigenvalue weighted by Crippen LogP contribution is 2.21. The van der Waals surface area contributed by atoms with Crippen LogP contribution in [0.25, 0.3) is 0 Å². The zero-order valence-electron chi connectivity index (χ0n) is 8.40. The van der Waals surface area contributed by atoms with Gasteiger partial charge >= 0.3 is 0 Å². The second-order valence-electron chi connectivity index (χ2n) is 3.22. The smallest absolute Gasteiger partial charge is 0.109 e. The second-order valence-corrected chi connectivity index (χ2v) is 4.73. The monoisotopic (exact) mass is 248 g/mol. The van der Waals surface area contributed by atoms with Crippen LogP contribution >= 0.6 is 22.9 Å². The number of hydrogen-bond acceptors (Lipinski definition) is 2. The normalized spacial score (nSPS) is 9.62. The molecule has 2 aromatic rings. The lowest BCUT2D eigenvalue weighted by Crippen LogP contribution is -1.83. The number of halogens is 1. The highest BCUT2D eigenvalue weighted by atomic mass is 35.5. The second kappa shape index (κ2) is 5.18. The minimum absolute atomic E-state index is 0.0364. The van der Waals surface area contributed by atoms with Crippen LogP contribution in [-0.4, -0.2) is 5.11 Å². The summed E-state index contributed by atoms with van der Waals surface area (Å²) in [4.78, 5) is 0. The molecule has 80 valence electrons. The van der Waals surface area contributed by atoms with E-state index in [1.54, 1.807) is 0 Å². The lowest BCUT2D eigenvalue weighted by molar-refractivity contribution is 0.282. The van der Waals surface area contributed by atoms with Crippen molar-refractivity contribution in [3.05, 3.63) is 56.7 Å². The summed E-state index contributed by atoms with van der Waals surface area (Å²) in [5, 5.41) is 10.9. The Bertz CT molecular complexity index is 548. The lowest BCUT2D eigenvalue weighted by Gasteiger charge is -1.95. The minimum Gasteiger partial charge on any atom is -0.392 e. The summed E-state index contributed by atoms with van der Waals surface area (Å²) in [6, 6.07) is 9.42. The van der Waals surface area contributed by atoms with Crippen molar-refractivity contribution in [2.75, 3.05) is 0 Å². The van der Waals surface area contributed by atoms with Crippen LogP contribution in [0, 0.1) is 11.8 Å². The van der Waals surface area contributed by atoms with E-state index < -0.39 is 0 Å². The van der Waals surface area contributed by atoms with E-state index in [0.29, 0.717) is 4.34 Å². The molecule has 0 spiro atoms. The summed E-state index contributed by atoms with van der Waals surface area (Å²) in [6.45, 7) is 0.0364. The molecule has 1 heterocycles. The molecule has 1 N–H and O–H groups in total. The number of aliphatic hydroxyl groups excluding tert-OH is 1. The third kappa shape index (κ3) is 2.65. The van der Waals surface area contributed by atoms with E-state index in [1.807, 2.05) is 35.7 Å². The van der Waals surface area contributed by atoms with Gasteiger partial charge in [-0.2, -0.15) is 0 Å². The molecular formula is C13H9ClOS. The molecule has 0 aliphatic heterocycles. The first-order valence-corrected chi connectivity index (χ1v) is 6.00. The molecule has 1 aromatic heterocycles. The Morgan fingerprint density at radius 3 is 2.81 bits per heavy atom. The maximum Gasteiger partial charge on any atom is 0.109 e. The maximum atomic E-state index is 8.99. The van der Waals surface area contributed by atoms with Crippen molar-refractivity contribution >= 4 is 22.9 Å². The van der Waals surface area contributed by atoms with Crippen molar-refractivity contribution in [1.82, 2.24) is 0 Å². The molecule has 0 atom stereocenters. The van der Waals surface area contributed by atoms with Crippen molar-refractivity contribution in [2.24, 2.45) is 0 Å². The molecule has 0 unspecified atom stereocenters. The Balaban J connectivity index is 2.27. The van der Waals surface area contributed by atoms with E-state index in [1.165, 1.54) is 11.3 Å². The fourth-order valence-corrected chi connectivity index (χ4v) is 2.10. The van der Waals surface area contributed by atoms with Gasteiger partial charge in [-0.3, -0.25) is 0 Å². The average molecular weight is 249 g/mol. The lowest BCUT2D eigenvalue weighted by atomic mass is 10.1. The number of aliphatic hydroxyl groups is 1. The van der Waals surface area contributed by atoms with Gasteiger partial charge < -0.3 is 5.11 Å². The molecule has 0 fully saturated rings. The highest BCUT2D eigenvalue weighted by molar-refractivity contribution is 7.14. The Labute approximate surface area is 103 Å². The Morgan fingerprint density at radius 1 is 1.25 bits per heavy atom. The summed E-state index contributed by atoms with van der Waals surface area (Å²) >= 11 is 7.41. The van der Waals surface area contributed by atoms with Gasteiger partial charge in [-0.1, -0.05) is 35.6 Å². The van der Waals surface area contributed by atoms with Crippen molar-refractivity contribution in [2.45, 2.75) is 6.61 Å². The quantitative estimate of drug-likeness (QED) is 0.768. The van der Waals surface area contributed by atoms with Gasteiger partial charge in [-0.25, -0.2) is 0 Å². The minimum atomic E-state index is 0.0364. The van der Waals surface area contributed by atoms with E-state index in [9.17, 15) is 0 Å². The van der Waals surface area contributed by atoms with Gasteiger partial charge in [0, 0.05) is 5.56 Å². The van der Waals surface area contributed by atoms with Gasteiger partial charge in [0.25, 0.3) is 0 Å². The van der Waals surface area contributed by atoms with Crippen LogP contribution in [0.3, 0.4) is 0 Å². The summed E-state index contributed by atoms with van der Waals surface area (Å²) in [5.74, 6) is 6.03. The highest BCUT2D eigenvalue weighted by Gasteiger charge is 1.96.